The van der Waals surface area contributed by atoms with Crippen LogP contribution < -0.4 is 21.5 Å². The normalized spacial score (nSPS) is 16.7. The first kappa shape index (κ1) is 37.7. The summed E-state index contributed by atoms with van der Waals surface area (Å²) in [6.07, 6.45) is -1.56. The molecule has 15 heteroatoms. The molecule has 47 heavy (non-hydrogen) atoms. The molecule has 2 heterocycles. The fraction of sp³-hybridized carbons (Fsp3) is 0.594. The Labute approximate surface area is 280 Å². The molecule has 1 aliphatic heterocycles. The molecule has 5 atom stereocenters. The molecule has 0 radical (unpaired) electrons. The first-order valence-electron chi connectivity index (χ1n) is 15.8. The number of amides is 5. The lowest BCUT2D eigenvalue weighted by molar-refractivity contribution is -0.129. The lowest BCUT2D eigenvalue weighted by Crippen LogP contribution is -2.59. The number of hydrogen-bond acceptors (Lipinski definition) is 9. The Bertz CT molecular complexity index is 1340. The van der Waals surface area contributed by atoms with Gasteiger partial charge in [0.1, 0.15) is 17.1 Å². The maximum Gasteiger partial charge on any atom is 0.405 e. The number of thiazole rings is 1. The number of hydrazine groups is 1. The molecule has 0 spiro atoms. The van der Waals surface area contributed by atoms with Crippen molar-refractivity contribution in [3.05, 3.63) is 52.0 Å². The van der Waals surface area contributed by atoms with Crippen LogP contribution in [0.15, 0.2) is 35.7 Å². The van der Waals surface area contributed by atoms with Crippen LogP contribution in [-0.4, -0.2) is 99.9 Å². The first-order chi connectivity index (χ1) is 22.2. The second-order valence-corrected chi connectivity index (χ2v) is 13.8. The van der Waals surface area contributed by atoms with Gasteiger partial charge in [-0.1, -0.05) is 71.4 Å². The molecule has 1 fully saturated rings. The molecule has 0 bridgehead atoms. The van der Waals surface area contributed by atoms with Gasteiger partial charge in [-0.2, -0.15) is 0 Å². The molecular formula is C32H49N7O7S. The molecule has 1 saturated heterocycles. The van der Waals surface area contributed by atoms with Crippen molar-refractivity contribution in [3.8, 4) is 0 Å². The number of ether oxygens (including phenoxy) is 1. The van der Waals surface area contributed by atoms with Crippen LogP contribution in [0.2, 0.25) is 0 Å². The third-order valence-corrected chi connectivity index (χ3v) is 9.01. The van der Waals surface area contributed by atoms with E-state index in [2.05, 4.69) is 26.5 Å². The van der Waals surface area contributed by atoms with Crippen molar-refractivity contribution in [2.45, 2.75) is 84.8 Å². The third-order valence-electron chi connectivity index (χ3n) is 8.14. The quantitative estimate of drug-likeness (QED) is 0.137. The lowest BCUT2D eigenvalue weighted by Gasteiger charge is -2.34. The van der Waals surface area contributed by atoms with Crippen molar-refractivity contribution in [2.24, 2.45) is 11.3 Å². The smallest absolute Gasteiger partial charge is 0.405 e. The van der Waals surface area contributed by atoms with Gasteiger partial charge in [-0.15, -0.1) is 11.3 Å². The van der Waals surface area contributed by atoms with Gasteiger partial charge in [0.05, 0.1) is 31.0 Å². The minimum atomic E-state index is -1.33. The summed E-state index contributed by atoms with van der Waals surface area (Å²) < 4.78 is 5.15. The van der Waals surface area contributed by atoms with Crippen LogP contribution in [0.5, 0.6) is 0 Å². The van der Waals surface area contributed by atoms with E-state index in [9.17, 15) is 29.4 Å². The molecule has 5 amide bonds. The number of aromatic nitrogens is 1. The molecule has 0 aliphatic carbocycles. The van der Waals surface area contributed by atoms with Gasteiger partial charge in [-0.05, 0) is 23.3 Å². The number of aliphatic hydroxyl groups excluding tert-OH is 1. The fourth-order valence-corrected chi connectivity index (χ4v) is 6.17. The van der Waals surface area contributed by atoms with E-state index >= 15 is 0 Å². The van der Waals surface area contributed by atoms with E-state index in [0.717, 1.165) is 16.3 Å². The Hall–Kier alpha value is -3.79. The summed E-state index contributed by atoms with van der Waals surface area (Å²) in [4.78, 5) is 59.4. The lowest BCUT2D eigenvalue weighted by atomic mass is 9.86. The van der Waals surface area contributed by atoms with E-state index in [0.29, 0.717) is 32.7 Å². The number of rotatable bonds is 17. The predicted molar refractivity (Wildman–Crippen MR) is 177 cm³/mol. The summed E-state index contributed by atoms with van der Waals surface area (Å²) in [5.41, 5.74) is 6.09. The van der Waals surface area contributed by atoms with E-state index in [4.69, 9.17) is 4.74 Å². The number of hydrogen-bond donors (Lipinski definition) is 6. The minimum absolute atomic E-state index is 0.142. The number of carboxylic acid groups (broad SMARTS) is 1. The third kappa shape index (κ3) is 10.9. The molecular weight excluding hydrogens is 626 g/mol. The SMILES string of the molecule is CC[C@H](C)[C@@H](C(=O)N[C@@H](Cc1ccccc1)[C@@H](O)CNNC(=O)[C@@H](NC(=O)O)C(C)(C)C)N1CCN(Cc2csc(COC)n2)C1=O. The van der Waals surface area contributed by atoms with Gasteiger partial charge in [0, 0.05) is 32.1 Å². The zero-order valence-electron chi connectivity index (χ0n) is 28.0. The highest BCUT2D eigenvalue weighted by atomic mass is 32.1. The van der Waals surface area contributed by atoms with E-state index in [1.807, 2.05) is 49.6 Å². The highest BCUT2D eigenvalue weighted by molar-refractivity contribution is 7.09. The van der Waals surface area contributed by atoms with E-state index < -0.39 is 41.6 Å². The fourth-order valence-electron chi connectivity index (χ4n) is 5.42. The molecule has 14 nitrogen and oxygen atoms in total. The zero-order chi connectivity index (χ0) is 34.7. The molecule has 260 valence electrons. The van der Waals surface area contributed by atoms with E-state index in [1.165, 1.54) is 11.3 Å². The Kier molecular flexibility index (Phi) is 13.9. The number of urea groups is 1. The highest BCUT2D eigenvalue weighted by Gasteiger charge is 2.41. The molecule has 2 aromatic rings. The number of nitrogens with one attached hydrogen (secondary N) is 4. The first-order valence-corrected chi connectivity index (χ1v) is 16.6. The summed E-state index contributed by atoms with van der Waals surface area (Å²) in [6.45, 7) is 10.5. The standard InChI is InChI=1S/C32H49N7O7S/c1-7-20(2)26(39-14-13-38(31(39)45)17-22-19-47-25(34-22)18-46-6)28(41)35-23(15-21-11-9-8-10-12-21)24(40)16-33-37-29(42)27(32(3,4)5)36-30(43)44/h8-12,19-20,23-24,26-27,33,36,40H,7,13-18H2,1-6H3,(H,35,41)(H,37,42)(H,43,44)/t20-,23-,24-,26-,27+/m0/s1. The molecule has 0 saturated carbocycles. The number of carbonyl (C=O) groups excluding carboxylic acids is 3. The largest absolute Gasteiger partial charge is 0.465 e. The van der Waals surface area contributed by atoms with Crippen LogP contribution in [-0.2, 0) is 33.9 Å². The van der Waals surface area contributed by atoms with Crippen molar-refractivity contribution in [1.29, 1.82) is 0 Å². The summed E-state index contributed by atoms with van der Waals surface area (Å²) in [5.74, 6) is -1.17. The zero-order valence-corrected chi connectivity index (χ0v) is 28.8. The van der Waals surface area contributed by atoms with Crippen LogP contribution in [0.25, 0.3) is 0 Å². The highest BCUT2D eigenvalue weighted by Crippen LogP contribution is 2.24. The predicted octanol–water partition coefficient (Wildman–Crippen LogP) is 2.33. The second kappa shape index (κ2) is 17.4. The van der Waals surface area contributed by atoms with Gasteiger partial charge in [-0.25, -0.2) is 20.0 Å². The molecule has 1 aliphatic rings. The molecule has 6 N–H and O–H groups in total. The van der Waals surface area contributed by atoms with Crippen molar-refractivity contribution >= 4 is 35.3 Å². The second-order valence-electron chi connectivity index (χ2n) is 12.9. The average molecular weight is 676 g/mol. The Balaban J connectivity index is 1.72. The summed E-state index contributed by atoms with van der Waals surface area (Å²) in [6, 6.07) is 6.51. The molecule has 1 aromatic heterocycles. The number of benzene rings is 1. The number of nitrogens with zero attached hydrogens (tertiary/aromatic N) is 3. The van der Waals surface area contributed by atoms with Gasteiger partial charge in [0.15, 0.2) is 0 Å². The van der Waals surface area contributed by atoms with E-state index in [-0.39, 0.29) is 30.8 Å². The number of aliphatic hydroxyl groups is 1. The van der Waals surface area contributed by atoms with Gasteiger partial charge in [-0.3, -0.25) is 15.0 Å². The topological polar surface area (TPSA) is 185 Å². The van der Waals surface area contributed by atoms with Crippen molar-refractivity contribution in [3.63, 3.8) is 0 Å². The molecule has 1 aromatic carbocycles. The number of carbonyl (C=O) groups is 4. The van der Waals surface area contributed by atoms with Gasteiger partial charge >= 0.3 is 12.1 Å². The van der Waals surface area contributed by atoms with Gasteiger partial charge in [0.25, 0.3) is 5.91 Å². The summed E-state index contributed by atoms with van der Waals surface area (Å²) in [5, 5.41) is 28.4. The van der Waals surface area contributed by atoms with Gasteiger partial charge < -0.3 is 35.4 Å². The molecule has 3 rings (SSSR count). The van der Waals surface area contributed by atoms with Crippen LogP contribution in [0.4, 0.5) is 9.59 Å². The Morgan fingerprint density at radius 1 is 1.11 bits per heavy atom. The Morgan fingerprint density at radius 3 is 2.43 bits per heavy atom. The number of methoxy groups -OCH3 is 1. The summed E-state index contributed by atoms with van der Waals surface area (Å²) in [7, 11) is 1.60. The van der Waals surface area contributed by atoms with Gasteiger partial charge in [0.2, 0.25) is 5.91 Å². The Morgan fingerprint density at radius 2 is 1.81 bits per heavy atom. The van der Waals surface area contributed by atoms with Crippen LogP contribution >= 0.6 is 11.3 Å². The van der Waals surface area contributed by atoms with Crippen molar-refractivity contribution in [2.75, 3.05) is 26.7 Å². The maximum atomic E-state index is 14.0. The van der Waals surface area contributed by atoms with Crippen LogP contribution in [0.1, 0.15) is 57.3 Å². The van der Waals surface area contributed by atoms with Crippen LogP contribution in [0, 0.1) is 11.3 Å². The monoisotopic (exact) mass is 675 g/mol. The van der Waals surface area contributed by atoms with E-state index in [1.54, 1.807) is 37.7 Å². The molecule has 0 unspecified atom stereocenters. The van der Waals surface area contributed by atoms with Crippen molar-refractivity contribution in [1.82, 2.24) is 36.3 Å². The van der Waals surface area contributed by atoms with Crippen molar-refractivity contribution < 1.29 is 34.1 Å². The maximum absolute atomic E-state index is 14.0. The average Bonchev–Trinajstić information content (AvgIpc) is 3.61. The minimum Gasteiger partial charge on any atom is -0.465 e. The van der Waals surface area contributed by atoms with Crippen LogP contribution in [0.3, 0.4) is 0 Å². The summed E-state index contributed by atoms with van der Waals surface area (Å²) >= 11 is 1.47.